The molecule has 0 aromatic carbocycles. The van der Waals surface area contributed by atoms with Gasteiger partial charge in [-0.3, -0.25) is 4.90 Å². The van der Waals surface area contributed by atoms with Gasteiger partial charge in [0.05, 0.1) is 6.73 Å². The quantitative estimate of drug-likeness (QED) is 0.527. The van der Waals surface area contributed by atoms with E-state index in [9.17, 15) is 0 Å². The molecule has 0 aromatic rings. The van der Waals surface area contributed by atoms with Crippen LogP contribution in [0.25, 0.3) is 0 Å². The van der Waals surface area contributed by atoms with Crippen molar-refractivity contribution in [2.24, 2.45) is 0 Å². The average molecular weight is 159 g/mol. The van der Waals surface area contributed by atoms with E-state index in [1.54, 1.807) is 0 Å². The summed E-state index contributed by atoms with van der Waals surface area (Å²) in [6, 6.07) is 0. The smallest absolute Gasteiger partial charge is 0.0990 e. The third-order valence-electron chi connectivity index (χ3n) is 1.56. The number of nitrogens with zero attached hydrogens (tertiary/aromatic N) is 1. The molecule has 0 rings (SSSR count). The molecule has 0 aliphatic carbocycles. The molecule has 0 aliphatic heterocycles. The Balaban J connectivity index is 3.34. The molecule has 11 heavy (non-hydrogen) atoms. The minimum absolute atomic E-state index is 0.804. The molecule has 0 radical (unpaired) electrons. The van der Waals surface area contributed by atoms with Crippen molar-refractivity contribution in [2.45, 2.75) is 33.6 Å². The maximum absolute atomic E-state index is 5.33. The van der Waals surface area contributed by atoms with Gasteiger partial charge in [-0.05, 0) is 19.8 Å². The Morgan fingerprint density at radius 2 is 1.55 bits per heavy atom. The Morgan fingerprint density at radius 3 is 1.91 bits per heavy atom. The number of ether oxygens (including phenoxy) is 1. The first-order valence-electron chi connectivity index (χ1n) is 4.65. The van der Waals surface area contributed by atoms with Crippen LogP contribution in [0.3, 0.4) is 0 Å². The minimum atomic E-state index is 0.804. The molecular formula is C9H21NO. The van der Waals surface area contributed by atoms with Crippen LogP contribution >= 0.6 is 0 Å². The zero-order valence-electron chi connectivity index (χ0n) is 8.10. The molecule has 0 aromatic heterocycles. The summed E-state index contributed by atoms with van der Waals surface area (Å²) in [6.07, 6.45) is 2.43. The van der Waals surface area contributed by atoms with E-state index in [1.807, 2.05) is 6.92 Å². The zero-order chi connectivity index (χ0) is 8.53. The molecule has 68 valence electrons. The van der Waals surface area contributed by atoms with Gasteiger partial charge in [-0.25, -0.2) is 0 Å². The average Bonchev–Trinajstić information content (AvgIpc) is 2.01. The third-order valence-corrected chi connectivity index (χ3v) is 1.56. The summed E-state index contributed by atoms with van der Waals surface area (Å²) >= 11 is 0. The fourth-order valence-corrected chi connectivity index (χ4v) is 1.09. The molecule has 0 bridgehead atoms. The lowest BCUT2D eigenvalue weighted by atomic mass is 10.4. The second-order valence-corrected chi connectivity index (χ2v) is 2.74. The van der Waals surface area contributed by atoms with Crippen molar-refractivity contribution in [3.05, 3.63) is 0 Å². The van der Waals surface area contributed by atoms with E-state index < -0.39 is 0 Å². The van der Waals surface area contributed by atoms with Crippen LogP contribution in [0, 0.1) is 0 Å². The van der Waals surface area contributed by atoms with E-state index in [-0.39, 0.29) is 0 Å². The number of hydrogen-bond acceptors (Lipinski definition) is 2. The molecule has 0 N–H and O–H groups in total. The summed E-state index contributed by atoms with van der Waals surface area (Å²) in [5.41, 5.74) is 0. The topological polar surface area (TPSA) is 12.5 Å². The highest BCUT2D eigenvalue weighted by molar-refractivity contribution is 4.49. The second kappa shape index (κ2) is 8.02. The van der Waals surface area contributed by atoms with Crippen LogP contribution < -0.4 is 0 Å². The molecule has 0 fully saturated rings. The lowest BCUT2D eigenvalue weighted by Crippen LogP contribution is -2.28. The van der Waals surface area contributed by atoms with Gasteiger partial charge in [0.25, 0.3) is 0 Å². The van der Waals surface area contributed by atoms with Crippen LogP contribution in [0.5, 0.6) is 0 Å². The van der Waals surface area contributed by atoms with Gasteiger partial charge in [-0.2, -0.15) is 0 Å². The molecule has 0 aliphatic rings. The molecular weight excluding hydrogens is 138 g/mol. The molecule has 0 unspecified atom stereocenters. The molecule has 0 saturated carbocycles. The maximum Gasteiger partial charge on any atom is 0.0990 e. The van der Waals surface area contributed by atoms with Crippen LogP contribution in [0.4, 0.5) is 0 Å². The zero-order valence-corrected chi connectivity index (χ0v) is 8.10. The number of rotatable bonds is 7. The highest BCUT2D eigenvalue weighted by atomic mass is 16.5. The van der Waals surface area contributed by atoms with Crippen LogP contribution in [0.15, 0.2) is 0 Å². The predicted molar refractivity (Wildman–Crippen MR) is 48.6 cm³/mol. The van der Waals surface area contributed by atoms with Gasteiger partial charge in [-0.1, -0.05) is 13.8 Å². The molecule has 0 amide bonds. The molecule has 0 heterocycles. The lowest BCUT2D eigenvalue weighted by molar-refractivity contribution is 0.0355. The van der Waals surface area contributed by atoms with E-state index in [0.29, 0.717) is 0 Å². The Kier molecular flexibility index (Phi) is 7.96. The van der Waals surface area contributed by atoms with Crippen LogP contribution in [-0.2, 0) is 4.74 Å². The van der Waals surface area contributed by atoms with E-state index in [0.717, 1.165) is 26.4 Å². The van der Waals surface area contributed by atoms with Crippen molar-refractivity contribution in [1.82, 2.24) is 4.90 Å². The van der Waals surface area contributed by atoms with Crippen molar-refractivity contribution in [3.63, 3.8) is 0 Å². The molecule has 0 saturated heterocycles. The fraction of sp³-hybridized carbons (Fsp3) is 1.00. The van der Waals surface area contributed by atoms with Crippen molar-refractivity contribution in [2.75, 3.05) is 26.4 Å². The van der Waals surface area contributed by atoms with Crippen molar-refractivity contribution >= 4 is 0 Å². The van der Waals surface area contributed by atoms with Gasteiger partial charge < -0.3 is 4.74 Å². The lowest BCUT2D eigenvalue weighted by Gasteiger charge is -2.19. The first-order chi connectivity index (χ1) is 5.35. The van der Waals surface area contributed by atoms with Gasteiger partial charge in [0.1, 0.15) is 0 Å². The van der Waals surface area contributed by atoms with E-state index in [1.165, 1.54) is 12.8 Å². The van der Waals surface area contributed by atoms with Crippen molar-refractivity contribution < 1.29 is 4.74 Å². The van der Waals surface area contributed by atoms with Gasteiger partial charge in [0, 0.05) is 19.7 Å². The molecule has 0 atom stereocenters. The van der Waals surface area contributed by atoms with Crippen LogP contribution in [0.1, 0.15) is 33.6 Å². The van der Waals surface area contributed by atoms with Gasteiger partial charge in [0.2, 0.25) is 0 Å². The van der Waals surface area contributed by atoms with E-state index >= 15 is 0 Å². The standard InChI is InChI=1S/C9H21NO/c1-4-7-10(8-5-2)9-11-6-3/h4-9H2,1-3H3. The summed E-state index contributed by atoms with van der Waals surface area (Å²) in [4.78, 5) is 2.35. The predicted octanol–water partition coefficient (Wildman–Crippen LogP) is 2.10. The monoisotopic (exact) mass is 159 g/mol. The molecule has 2 heteroatoms. The number of hydrogen-bond donors (Lipinski definition) is 0. The van der Waals surface area contributed by atoms with Gasteiger partial charge in [-0.15, -0.1) is 0 Å². The highest BCUT2D eigenvalue weighted by Gasteiger charge is 1.99. The highest BCUT2D eigenvalue weighted by Crippen LogP contribution is 1.93. The Bertz CT molecular complexity index is 70.0. The maximum atomic E-state index is 5.33. The summed E-state index contributed by atoms with van der Waals surface area (Å²) in [7, 11) is 0. The first kappa shape index (κ1) is 10.9. The SMILES string of the molecule is CCCN(CCC)COCC. The van der Waals surface area contributed by atoms with Crippen LogP contribution in [0.2, 0.25) is 0 Å². The molecule has 0 spiro atoms. The Hall–Kier alpha value is -0.0800. The first-order valence-corrected chi connectivity index (χ1v) is 4.65. The largest absolute Gasteiger partial charge is 0.366 e. The summed E-state index contributed by atoms with van der Waals surface area (Å²) in [5.74, 6) is 0. The summed E-state index contributed by atoms with van der Waals surface area (Å²) < 4.78 is 5.33. The van der Waals surface area contributed by atoms with E-state index in [4.69, 9.17) is 4.74 Å². The van der Waals surface area contributed by atoms with Gasteiger partial charge in [0.15, 0.2) is 0 Å². The Labute approximate surface area is 70.5 Å². The van der Waals surface area contributed by atoms with Crippen molar-refractivity contribution in [1.29, 1.82) is 0 Å². The third kappa shape index (κ3) is 6.32. The normalized spacial score (nSPS) is 10.9. The van der Waals surface area contributed by atoms with Crippen molar-refractivity contribution in [3.8, 4) is 0 Å². The fourth-order valence-electron chi connectivity index (χ4n) is 1.09. The van der Waals surface area contributed by atoms with Gasteiger partial charge >= 0.3 is 0 Å². The van der Waals surface area contributed by atoms with Crippen LogP contribution in [-0.4, -0.2) is 31.3 Å². The second-order valence-electron chi connectivity index (χ2n) is 2.74. The summed E-state index contributed by atoms with van der Waals surface area (Å²) in [5, 5.41) is 0. The molecule has 2 nitrogen and oxygen atoms in total. The summed E-state index contributed by atoms with van der Waals surface area (Å²) in [6.45, 7) is 10.4. The minimum Gasteiger partial charge on any atom is -0.366 e. The van der Waals surface area contributed by atoms with E-state index in [2.05, 4.69) is 18.7 Å². The Morgan fingerprint density at radius 1 is 1.00 bits per heavy atom.